The first-order valence-corrected chi connectivity index (χ1v) is 11.8. The van der Waals surface area contributed by atoms with Crippen molar-refractivity contribution in [1.29, 1.82) is 0 Å². The number of carbonyl (C=O) groups is 1. The summed E-state index contributed by atoms with van der Waals surface area (Å²) in [5, 5.41) is 2.96. The van der Waals surface area contributed by atoms with Crippen LogP contribution in [-0.4, -0.2) is 29.8 Å². The van der Waals surface area contributed by atoms with Crippen LogP contribution in [0.25, 0.3) is 0 Å². The van der Waals surface area contributed by atoms with Gasteiger partial charge in [-0.1, -0.05) is 52.2 Å². The molecule has 0 radical (unpaired) electrons. The van der Waals surface area contributed by atoms with Crippen molar-refractivity contribution in [3.05, 3.63) is 29.3 Å². The number of hydrogen-bond donors (Lipinski definition) is 1. The highest BCUT2D eigenvalue weighted by Gasteiger charge is 2.44. The lowest BCUT2D eigenvalue weighted by molar-refractivity contribution is -0.142. The van der Waals surface area contributed by atoms with Crippen LogP contribution in [0.1, 0.15) is 70.9 Å². The van der Waals surface area contributed by atoms with Crippen molar-refractivity contribution >= 4 is 13.6 Å². The summed E-state index contributed by atoms with van der Waals surface area (Å²) in [6, 6.07) is 5.58. The SMILES string of the molecule is COC(=O)C(C)NP1(=O)Oc2ccc(C(C)(C)C)cc2CN1C1CCCCC1. The van der Waals surface area contributed by atoms with Crippen LogP contribution < -0.4 is 9.61 Å². The first-order chi connectivity index (χ1) is 13.1. The van der Waals surface area contributed by atoms with Crippen molar-refractivity contribution in [2.24, 2.45) is 0 Å². The molecule has 156 valence electrons. The van der Waals surface area contributed by atoms with E-state index < -0.39 is 19.7 Å². The fourth-order valence-corrected chi connectivity index (χ4v) is 6.35. The Labute approximate surface area is 168 Å². The Morgan fingerprint density at radius 2 is 1.96 bits per heavy atom. The van der Waals surface area contributed by atoms with Gasteiger partial charge in [0, 0.05) is 18.2 Å². The number of carbonyl (C=O) groups excluding carboxylic acids is 1. The molecule has 0 amide bonds. The third kappa shape index (κ3) is 4.45. The average Bonchev–Trinajstić information content (AvgIpc) is 2.66. The highest BCUT2D eigenvalue weighted by atomic mass is 31.2. The maximum atomic E-state index is 13.9. The van der Waals surface area contributed by atoms with Crippen LogP contribution in [0, 0.1) is 0 Å². The fourth-order valence-electron chi connectivity index (χ4n) is 4.01. The van der Waals surface area contributed by atoms with Gasteiger partial charge in [0.15, 0.2) is 0 Å². The number of methoxy groups -OCH3 is 1. The van der Waals surface area contributed by atoms with Gasteiger partial charge in [-0.05, 0) is 36.8 Å². The summed E-state index contributed by atoms with van der Waals surface area (Å²) in [5.74, 6) is 0.184. The van der Waals surface area contributed by atoms with E-state index in [1.807, 2.05) is 16.8 Å². The molecule has 6 nitrogen and oxygen atoms in total. The normalized spacial score (nSPS) is 24.9. The summed E-state index contributed by atoms with van der Waals surface area (Å²) in [5.41, 5.74) is 2.31. The Morgan fingerprint density at radius 1 is 1.29 bits per heavy atom. The van der Waals surface area contributed by atoms with Gasteiger partial charge in [0.2, 0.25) is 0 Å². The summed E-state index contributed by atoms with van der Waals surface area (Å²) >= 11 is 0. The Balaban J connectivity index is 1.95. The molecule has 1 aromatic carbocycles. The molecule has 0 saturated heterocycles. The number of ether oxygens (including phenoxy) is 1. The van der Waals surface area contributed by atoms with Gasteiger partial charge in [-0.2, -0.15) is 0 Å². The number of fused-ring (bicyclic) bond motifs is 1. The van der Waals surface area contributed by atoms with Gasteiger partial charge in [-0.25, -0.2) is 14.3 Å². The van der Waals surface area contributed by atoms with E-state index in [4.69, 9.17) is 9.26 Å². The van der Waals surface area contributed by atoms with Crippen LogP contribution >= 0.6 is 7.67 Å². The molecule has 1 aliphatic carbocycles. The Kier molecular flexibility index (Phi) is 6.23. The number of rotatable bonds is 4. The Morgan fingerprint density at radius 3 is 2.57 bits per heavy atom. The van der Waals surface area contributed by atoms with E-state index in [0.717, 1.165) is 31.2 Å². The zero-order chi connectivity index (χ0) is 20.5. The number of hydrogen-bond acceptors (Lipinski definition) is 4. The van der Waals surface area contributed by atoms with Gasteiger partial charge in [0.05, 0.1) is 7.11 Å². The van der Waals surface area contributed by atoms with E-state index in [0.29, 0.717) is 12.3 Å². The standard InChI is InChI=1S/C21H33N2O4P/c1-15(20(24)26-5)22-28(25)23(18-9-7-6-8-10-18)14-16-13-17(21(2,3)4)11-12-19(16)27-28/h11-13,15,18H,6-10,14H2,1-5H3,(H,22,25). The summed E-state index contributed by atoms with van der Waals surface area (Å²) in [4.78, 5) is 11.9. The number of nitrogens with one attached hydrogen (secondary N) is 1. The van der Waals surface area contributed by atoms with E-state index in [9.17, 15) is 9.36 Å². The molecule has 1 saturated carbocycles. The van der Waals surface area contributed by atoms with Crippen molar-refractivity contribution in [3.63, 3.8) is 0 Å². The maximum Gasteiger partial charge on any atom is 0.394 e. The molecule has 2 aliphatic rings. The summed E-state index contributed by atoms with van der Waals surface area (Å²) in [6.45, 7) is 8.76. The van der Waals surface area contributed by atoms with Crippen LogP contribution in [0.4, 0.5) is 0 Å². The van der Waals surface area contributed by atoms with E-state index >= 15 is 0 Å². The van der Waals surface area contributed by atoms with Crippen LogP contribution in [-0.2, 0) is 26.1 Å². The monoisotopic (exact) mass is 408 g/mol. The highest BCUT2D eigenvalue weighted by molar-refractivity contribution is 7.54. The Bertz CT molecular complexity index is 768. The van der Waals surface area contributed by atoms with E-state index in [-0.39, 0.29) is 11.5 Å². The molecule has 1 aliphatic heterocycles. The predicted molar refractivity (Wildman–Crippen MR) is 110 cm³/mol. The van der Waals surface area contributed by atoms with Crippen molar-refractivity contribution in [3.8, 4) is 5.75 Å². The molecule has 1 N–H and O–H groups in total. The van der Waals surface area contributed by atoms with E-state index in [1.165, 1.54) is 19.1 Å². The molecule has 1 aromatic rings. The molecule has 2 atom stereocenters. The van der Waals surface area contributed by atoms with Crippen molar-refractivity contribution in [2.45, 2.75) is 83.8 Å². The molecule has 0 bridgehead atoms. The van der Waals surface area contributed by atoms with E-state index in [2.05, 4.69) is 31.9 Å². The predicted octanol–water partition coefficient (Wildman–Crippen LogP) is 4.77. The van der Waals surface area contributed by atoms with Crippen molar-refractivity contribution < 1.29 is 18.6 Å². The zero-order valence-corrected chi connectivity index (χ0v) is 18.6. The fraction of sp³-hybridized carbons (Fsp3) is 0.667. The maximum absolute atomic E-state index is 13.9. The van der Waals surface area contributed by atoms with Gasteiger partial charge >= 0.3 is 13.6 Å². The van der Waals surface area contributed by atoms with Gasteiger partial charge in [0.25, 0.3) is 0 Å². The summed E-state index contributed by atoms with van der Waals surface area (Å²) < 4.78 is 26.8. The van der Waals surface area contributed by atoms with Crippen LogP contribution in [0.15, 0.2) is 18.2 Å². The molecule has 1 heterocycles. The first-order valence-electron chi connectivity index (χ1n) is 10.2. The van der Waals surface area contributed by atoms with Crippen molar-refractivity contribution in [1.82, 2.24) is 9.76 Å². The summed E-state index contributed by atoms with van der Waals surface area (Å²) in [7, 11) is -2.09. The molecular formula is C21H33N2O4P. The van der Waals surface area contributed by atoms with Gasteiger partial charge in [0.1, 0.15) is 11.8 Å². The molecule has 7 heteroatoms. The lowest BCUT2D eigenvalue weighted by atomic mass is 9.86. The molecular weight excluding hydrogens is 375 g/mol. The highest BCUT2D eigenvalue weighted by Crippen LogP contribution is 2.56. The molecule has 0 aromatic heterocycles. The van der Waals surface area contributed by atoms with Gasteiger partial charge < -0.3 is 9.26 Å². The van der Waals surface area contributed by atoms with Crippen LogP contribution in [0.5, 0.6) is 5.75 Å². The lowest BCUT2D eigenvalue weighted by Crippen LogP contribution is -2.45. The van der Waals surface area contributed by atoms with Crippen LogP contribution in [0.2, 0.25) is 0 Å². The molecule has 2 unspecified atom stereocenters. The molecule has 0 spiro atoms. The minimum atomic E-state index is -3.42. The number of nitrogens with zero attached hydrogens (tertiary/aromatic N) is 1. The van der Waals surface area contributed by atoms with Gasteiger partial charge in [-0.3, -0.25) is 4.79 Å². The number of esters is 1. The second kappa shape index (κ2) is 8.17. The lowest BCUT2D eigenvalue weighted by Gasteiger charge is -2.43. The zero-order valence-electron chi connectivity index (χ0n) is 17.7. The van der Waals surface area contributed by atoms with E-state index in [1.54, 1.807) is 6.92 Å². The third-order valence-electron chi connectivity index (χ3n) is 5.73. The van der Waals surface area contributed by atoms with Gasteiger partial charge in [-0.15, -0.1) is 0 Å². The average molecular weight is 408 g/mol. The molecule has 1 fully saturated rings. The second-order valence-electron chi connectivity index (χ2n) is 8.95. The largest absolute Gasteiger partial charge is 0.468 e. The third-order valence-corrected chi connectivity index (χ3v) is 8.03. The smallest absolute Gasteiger partial charge is 0.394 e. The second-order valence-corrected chi connectivity index (χ2v) is 10.9. The minimum Gasteiger partial charge on any atom is -0.468 e. The Hall–Kier alpha value is -1.36. The number of benzene rings is 1. The molecule has 3 rings (SSSR count). The summed E-state index contributed by atoms with van der Waals surface area (Å²) in [6.07, 6.45) is 5.46. The topological polar surface area (TPSA) is 67.9 Å². The minimum absolute atomic E-state index is 0.0312. The molecule has 28 heavy (non-hydrogen) atoms. The quantitative estimate of drug-likeness (QED) is 0.572. The van der Waals surface area contributed by atoms with Crippen LogP contribution in [0.3, 0.4) is 0 Å². The van der Waals surface area contributed by atoms with Crippen molar-refractivity contribution in [2.75, 3.05) is 7.11 Å². The first kappa shape index (κ1) is 21.4.